The fourth-order valence-electron chi connectivity index (χ4n) is 10.1. The van der Waals surface area contributed by atoms with Crippen LogP contribution >= 0.6 is 160 Å². The molecule has 11 N–H and O–H groups in total. The third kappa shape index (κ3) is 40.2. The molecule has 0 saturated carbocycles. The first-order valence-electron chi connectivity index (χ1n) is 37.2. The van der Waals surface area contributed by atoms with Gasteiger partial charge in [0.05, 0.1) is 194 Å². The summed E-state index contributed by atoms with van der Waals surface area (Å²) in [5, 5.41) is 60.6. The molecule has 0 saturated heterocycles. The average molecular weight is 2500 g/mol. The molecule has 4 aromatic carbocycles. The van der Waals surface area contributed by atoms with Gasteiger partial charge in [-0.25, -0.2) is 49.9 Å². The van der Waals surface area contributed by atoms with E-state index in [4.69, 9.17) is 160 Å². The number of halogens is 11. The number of nitrogens with one attached hydrogen (secondary N) is 1. The number of rotatable bonds is 22. The van der Waals surface area contributed by atoms with Crippen LogP contribution < -0.4 is 166 Å². The number of nitrogens with two attached hydrogens (primary N) is 4. The third-order valence-corrected chi connectivity index (χ3v) is 20.9. The number of pyridine rings is 8. The summed E-state index contributed by atoms with van der Waals surface area (Å²) >= 11 is 47.1. The minimum absolute atomic E-state index is 0. The maximum absolute atomic E-state index is 12.8. The van der Waals surface area contributed by atoms with Crippen LogP contribution in [0.1, 0.15) is 53.3 Å². The second kappa shape index (κ2) is 68.4. The van der Waals surface area contributed by atoms with Crippen LogP contribution in [0.15, 0.2) is 198 Å². The summed E-state index contributed by atoms with van der Waals surface area (Å²) in [6.07, 6.45) is 11.6. The topological polar surface area (TPSA) is 587 Å². The number of amides is 2. The number of ether oxygens (including phenoxy) is 11. The zero-order valence-corrected chi connectivity index (χ0v) is 96.0. The van der Waals surface area contributed by atoms with Gasteiger partial charge in [-0.2, -0.15) is 7.11 Å². The number of aliphatic imine (C=N–C) groups is 1. The summed E-state index contributed by atoms with van der Waals surface area (Å²) in [6, 6.07) is 31.4. The van der Waals surface area contributed by atoms with Crippen molar-refractivity contribution in [3.63, 3.8) is 0 Å². The van der Waals surface area contributed by atoms with Crippen LogP contribution in [0.3, 0.4) is 0 Å². The molecule has 9 heterocycles. The summed E-state index contributed by atoms with van der Waals surface area (Å²) in [4.78, 5) is 109. The number of ketones is 2. The van der Waals surface area contributed by atoms with Gasteiger partial charge < -0.3 is 108 Å². The molecule has 0 aliphatic carbocycles. The molecule has 0 radical (unpaired) electrons. The van der Waals surface area contributed by atoms with Gasteiger partial charge in [-0.3, -0.25) is 44.2 Å². The van der Waals surface area contributed by atoms with Crippen molar-refractivity contribution < 1.29 is 182 Å². The number of carbonyl (C=O) groups is 4. The summed E-state index contributed by atoms with van der Waals surface area (Å²) < 4.78 is 58.3. The predicted octanol–water partition coefficient (Wildman–Crippen LogP) is 11.8. The number of hydroxylamine groups is 2. The van der Waals surface area contributed by atoms with E-state index in [0.717, 1.165) is 33.5 Å². The zero-order valence-electron chi connectivity index (χ0n) is 77.0. The molecule has 13 rings (SSSR count). The Morgan fingerprint density at radius 2 is 0.814 bits per heavy atom. The number of hydrogen-bond acceptors (Lipinski definition) is 37. The Bertz CT molecular complexity index is 6120. The first-order valence-corrected chi connectivity index (χ1v) is 45.3. The molecule has 0 bridgehead atoms. The quantitative estimate of drug-likeness (QED) is 0.00316. The number of nitro groups is 2. The van der Waals surface area contributed by atoms with E-state index in [-0.39, 0.29) is 155 Å². The fourth-order valence-corrected chi connectivity index (χ4v) is 13.3. The Balaban J connectivity index is 0.00000156. The van der Waals surface area contributed by atoms with Gasteiger partial charge >= 0.3 is 80.9 Å². The number of nitrogen functional groups attached to an aromatic ring is 3. The van der Waals surface area contributed by atoms with Crippen molar-refractivity contribution in [2.24, 2.45) is 10.7 Å². The number of nitrogens with zero attached hydrogens (tertiary/aromatic N) is 13. The molecular weight excluding hydrogens is 2420 g/mol. The first-order chi connectivity index (χ1) is 65.7. The zero-order chi connectivity index (χ0) is 104. The van der Waals surface area contributed by atoms with E-state index in [1.807, 2.05) is 4.93 Å². The van der Waals surface area contributed by atoms with E-state index in [2.05, 4.69) is 152 Å². The number of carbonyl (C=O) groups excluding carboxylic acids is 4. The number of hydrogen-bond donors (Lipinski definition) is 7. The van der Waals surface area contributed by atoms with E-state index < -0.39 is 21.2 Å². The van der Waals surface area contributed by atoms with Crippen LogP contribution in [0.5, 0.6) is 69.9 Å². The summed E-state index contributed by atoms with van der Waals surface area (Å²) in [5.41, 5.74) is 25.4. The molecule has 0 spiro atoms. The molecule has 54 heteroatoms. The van der Waals surface area contributed by atoms with Gasteiger partial charge in [0.15, 0.2) is 5.60 Å². The minimum atomic E-state index is -1.67. The molecule has 736 valence electrons. The molecular formula is C86H85Br5Cl5IKN18NaO23. The standard InChI is InChI=1S/C15H14ClN3O3.C15H13ClN2O4.C14H13ClN2O3.C9H11ClN2O2.C7H8BrNO2.C6H5BrN2O3.C6H7BrN2O.C6H6BrNO2.C5H2BrClN2O2.CH3I.CN.CH3O.K.Na/c1-21-9-6-11(13(22-2)18-7-9)15(20)10-5-8(16)3-4-12(10)19-14(15)17;1-21-10-6-12(15(22-2)17-7-10)14(20)11-5-9(16)3-4-13(11)18-8-19;1-19-9-6-11(14(20-2)17-7-9)13(18)10-5-8(15)3-4-12(10)16;1-12(14-2)9(13)7-5-6(10)3-4-8(7)11;1-10-5-3-6(8)7(11-2)9-4-5;1-12-6-5(7)2-4(3-8-6)9(10)11;1-10-6-5(7)2-4(8)3-9-6;1-10-6-5(7)2-4(9)3-8-6;6-4-1-3(9(10)11)2-8-5(4)7;3*1-2;;/h3-7,20H,1-2H3,(H2,17,19);3-8H,1-2H3,(H,18,19);3-7H,16H2,1-2H3;3-5H,11H2,1-2H3;3-4H,1-2H3;2-3H,1H3;2-3H,8H2,1H3;2-3,9H,1H3;1-2H;1H3;;1H3;;/q;;;;;;;;;;2*-1;2*+1. The number of amidine groups is 1. The number of aliphatic hydroxyl groups is 1. The van der Waals surface area contributed by atoms with Crippen molar-refractivity contribution in [3.8, 4) is 69.9 Å². The van der Waals surface area contributed by atoms with Gasteiger partial charge in [0.25, 0.3) is 17.3 Å². The third-order valence-electron chi connectivity index (χ3n) is 16.5. The van der Waals surface area contributed by atoms with Crippen LogP contribution in [0.25, 0.3) is 0 Å². The first kappa shape index (κ1) is 130. The second-order valence-corrected chi connectivity index (χ2v) is 31.1. The Morgan fingerprint density at radius 1 is 0.457 bits per heavy atom. The molecule has 1 aliphatic heterocycles. The van der Waals surface area contributed by atoms with Gasteiger partial charge in [-0.05, 0) is 182 Å². The van der Waals surface area contributed by atoms with E-state index in [9.17, 15) is 44.5 Å². The molecule has 8 aromatic heterocycles. The Morgan fingerprint density at radius 3 is 1.24 bits per heavy atom. The maximum atomic E-state index is 12.8. The van der Waals surface area contributed by atoms with Crippen molar-refractivity contribution >= 4 is 230 Å². The number of aromatic nitrogens is 8. The number of alkyl halides is 1. The van der Waals surface area contributed by atoms with Crippen molar-refractivity contribution in [1.29, 1.82) is 5.26 Å². The molecule has 1 unspecified atom stereocenters. The smallest absolute Gasteiger partial charge is 0.857 e. The average Bonchev–Trinajstić information content (AvgIpc) is 1.58. The van der Waals surface area contributed by atoms with Gasteiger partial charge in [0.1, 0.15) is 52.1 Å². The molecule has 140 heavy (non-hydrogen) atoms. The van der Waals surface area contributed by atoms with Crippen LogP contribution in [0.2, 0.25) is 25.2 Å². The van der Waals surface area contributed by atoms with E-state index >= 15 is 0 Å². The Hall–Kier alpha value is -9.78. The minimum Gasteiger partial charge on any atom is -0.857 e. The number of anilines is 4. The van der Waals surface area contributed by atoms with Gasteiger partial charge in [-0.15, -0.1) is 0 Å². The normalized spacial score (nSPS) is 10.8. The Labute approximate surface area is 948 Å². The van der Waals surface area contributed by atoms with Crippen LogP contribution in [-0.2, 0) is 15.2 Å². The fraction of sp³-hybridized carbons (Fsp3) is 0.186. The molecule has 0 fully saturated rings. The van der Waals surface area contributed by atoms with E-state index in [0.29, 0.717) is 137 Å². The number of methoxy groups -OCH3 is 11. The van der Waals surface area contributed by atoms with Crippen LogP contribution in [0.4, 0.5) is 39.8 Å². The van der Waals surface area contributed by atoms with Crippen LogP contribution in [-0.4, -0.2) is 199 Å². The second-order valence-electron chi connectivity index (χ2n) is 24.7. The molecule has 1 aliphatic rings. The van der Waals surface area contributed by atoms with E-state index in [1.165, 1.54) is 138 Å². The largest absolute Gasteiger partial charge is 1.00 e. The van der Waals surface area contributed by atoms with Gasteiger partial charge in [-0.1, -0.05) is 80.6 Å². The van der Waals surface area contributed by atoms with Gasteiger partial charge in [0.2, 0.25) is 59.1 Å². The van der Waals surface area contributed by atoms with Crippen molar-refractivity contribution in [2.75, 3.05) is 127 Å². The molecule has 12 aromatic rings. The SMILES string of the molecule is CI.CON(C)C(=O)c1cc(Cl)ccc1N.COc1cnc(OC)c(Br)c1.COc1cnc(OC)c(C(=O)c2cc(Cl)ccc2N)c1.COc1cnc(OC)c(C(=O)c2cc(Cl)ccc2NC=O)c1.COc1cnc(OC)c(C2(O)C(N)=Nc3ccc(Cl)cc32)c1.COc1ncc(N)cc1Br.COc1ncc(O)cc1Br.COc1ncc([N+](=O)[O-])cc1Br.C[O-].O=[N+]([O-])c1cnc(Cl)c(Br)c1.[C-]#N.[K+].[Na+]. The predicted molar refractivity (Wildman–Crippen MR) is 544 cm³/mol. The van der Waals surface area contributed by atoms with E-state index in [1.54, 1.807) is 113 Å². The number of fused-ring (bicyclic) bond motifs is 1. The number of aromatic hydroxyl groups is 1. The summed E-state index contributed by atoms with van der Waals surface area (Å²) in [6.45, 7) is 4.75. The summed E-state index contributed by atoms with van der Waals surface area (Å²) in [7, 11) is 20.1. The summed E-state index contributed by atoms with van der Waals surface area (Å²) in [5.74, 6) is 3.64. The van der Waals surface area contributed by atoms with Crippen molar-refractivity contribution in [1.82, 2.24) is 44.9 Å². The van der Waals surface area contributed by atoms with Gasteiger partial charge in [0, 0.05) is 79.5 Å². The van der Waals surface area contributed by atoms with Crippen molar-refractivity contribution in [3.05, 3.63) is 284 Å². The number of benzene rings is 4. The molecule has 41 nitrogen and oxygen atoms in total. The van der Waals surface area contributed by atoms with Crippen molar-refractivity contribution in [2.45, 2.75) is 5.60 Å². The van der Waals surface area contributed by atoms with Crippen LogP contribution in [0, 0.1) is 32.1 Å². The molecule has 2 amide bonds. The molecule has 1 atom stereocenters. The monoisotopic (exact) mass is 2500 g/mol. The maximum Gasteiger partial charge on any atom is 1.00 e. The Kier molecular flexibility index (Phi) is 63.6.